The number of halogens is 1. The van der Waals surface area contributed by atoms with Gasteiger partial charge in [0.15, 0.2) is 0 Å². The highest BCUT2D eigenvalue weighted by Crippen LogP contribution is 2.31. The van der Waals surface area contributed by atoms with Crippen LogP contribution in [0.1, 0.15) is 12.0 Å². The Balaban J connectivity index is 1.67. The van der Waals surface area contributed by atoms with E-state index < -0.39 is 23.8 Å². The van der Waals surface area contributed by atoms with Crippen LogP contribution in [0.5, 0.6) is 0 Å². The molecular weight excluding hydrogens is 368 g/mol. The van der Waals surface area contributed by atoms with E-state index in [-0.39, 0.29) is 25.3 Å². The molecule has 1 saturated heterocycles. The van der Waals surface area contributed by atoms with Gasteiger partial charge in [0.2, 0.25) is 11.8 Å². The van der Waals surface area contributed by atoms with Gasteiger partial charge in [0.25, 0.3) is 0 Å². The maximum Gasteiger partial charge on any atom is 0.326 e. The Labute approximate surface area is 161 Å². The molecule has 0 bridgehead atoms. The molecule has 2 aromatic rings. The maximum absolute atomic E-state index is 12.6. The summed E-state index contributed by atoms with van der Waals surface area (Å²) >= 11 is 6.14. The van der Waals surface area contributed by atoms with Crippen molar-refractivity contribution in [1.82, 2.24) is 5.32 Å². The van der Waals surface area contributed by atoms with Crippen LogP contribution in [-0.2, 0) is 20.8 Å². The van der Waals surface area contributed by atoms with E-state index >= 15 is 0 Å². The number of hydrogen-bond acceptors (Lipinski definition) is 3. The van der Waals surface area contributed by atoms with Crippen molar-refractivity contribution in [2.24, 2.45) is 5.92 Å². The number of carbonyl (C=O) groups is 3. The van der Waals surface area contributed by atoms with Gasteiger partial charge in [0.05, 0.1) is 16.6 Å². The summed E-state index contributed by atoms with van der Waals surface area (Å²) in [5.74, 6) is -2.38. The fourth-order valence-electron chi connectivity index (χ4n) is 3.13. The molecule has 1 aliphatic rings. The highest BCUT2D eigenvalue weighted by atomic mass is 35.5. The SMILES string of the molecule is O=C(N[C@H](Cc1ccccc1)C(=O)O)C1CC(=O)N(c2ccccc2Cl)C1. The molecule has 1 heterocycles. The number of carboxylic acids is 1. The topological polar surface area (TPSA) is 86.7 Å². The number of nitrogens with one attached hydrogen (secondary N) is 1. The number of aliphatic carboxylic acids is 1. The van der Waals surface area contributed by atoms with Crippen molar-refractivity contribution in [3.63, 3.8) is 0 Å². The molecule has 0 saturated carbocycles. The number of para-hydroxylation sites is 1. The van der Waals surface area contributed by atoms with Gasteiger partial charge in [-0.25, -0.2) is 4.79 Å². The Kier molecular flexibility index (Phi) is 5.76. The summed E-state index contributed by atoms with van der Waals surface area (Å²) in [4.78, 5) is 37.9. The van der Waals surface area contributed by atoms with E-state index in [0.29, 0.717) is 10.7 Å². The van der Waals surface area contributed by atoms with Crippen LogP contribution >= 0.6 is 11.6 Å². The normalized spacial score (nSPS) is 17.6. The van der Waals surface area contributed by atoms with Gasteiger partial charge < -0.3 is 15.3 Å². The van der Waals surface area contributed by atoms with E-state index in [2.05, 4.69) is 5.32 Å². The van der Waals surface area contributed by atoms with Gasteiger partial charge in [-0.1, -0.05) is 54.1 Å². The number of anilines is 1. The monoisotopic (exact) mass is 386 g/mol. The first-order valence-corrected chi connectivity index (χ1v) is 8.95. The van der Waals surface area contributed by atoms with Crippen LogP contribution in [0.15, 0.2) is 54.6 Å². The second kappa shape index (κ2) is 8.22. The highest BCUT2D eigenvalue weighted by molar-refractivity contribution is 6.33. The molecule has 6 nitrogen and oxygen atoms in total. The van der Waals surface area contributed by atoms with Crippen LogP contribution in [0.25, 0.3) is 0 Å². The molecule has 2 amide bonds. The van der Waals surface area contributed by atoms with Crippen LogP contribution in [0.2, 0.25) is 5.02 Å². The molecule has 1 aliphatic heterocycles. The van der Waals surface area contributed by atoms with E-state index in [1.165, 1.54) is 4.90 Å². The highest BCUT2D eigenvalue weighted by Gasteiger charge is 2.37. The smallest absolute Gasteiger partial charge is 0.326 e. The van der Waals surface area contributed by atoms with Crippen molar-refractivity contribution in [2.75, 3.05) is 11.4 Å². The molecule has 0 spiro atoms. The molecule has 1 unspecified atom stereocenters. The molecule has 0 aliphatic carbocycles. The average molecular weight is 387 g/mol. The number of hydrogen-bond donors (Lipinski definition) is 2. The van der Waals surface area contributed by atoms with E-state index in [0.717, 1.165) is 5.56 Å². The Morgan fingerprint density at radius 2 is 1.81 bits per heavy atom. The lowest BCUT2D eigenvalue weighted by Crippen LogP contribution is -2.45. The third kappa shape index (κ3) is 4.46. The van der Waals surface area contributed by atoms with Gasteiger partial charge in [0, 0.05) is 19.4 Å². The quantitative estimate of drug-likeness (QED) is 0.798. The van der Waals surface area contributed by atoms with Crippen molar-refractivity contribution in [3.05, 3.63) is 65.2 Å². The van der Waals surface area contributed by atoms with Crippen molar-refractivity contribution in [1.29, 1.82) is 0 Å². The van der Waals surface area contributed by atoms with Crippen molar-refractivity contribution >= 4 is 35.1 Å². The van der Waals surface area contributed by atoms with Crippen LogP contribution < -0.4 is 10.2 Å². The van der Waals surface area contributed by atoms with Crippen LogP contribution in [0.4, 0.5) is 5.69 Å². The first kappa shape index (κ1) is 18.9. The molecule has 3 rings (SSSR count). The van der Waals surface area contributed by atoms with E-state index in [4.69, 9.17) is 11.6 Å². The lowest BCUT2D eigenvalue weighted by Gasteiger charge is -2.19. The van der Waals surface area contributed by atoms with Gasteiger partial charge in [-0.05, 0) is 17.7 Å². The molecule has 0 aromatic heterocycles. The van der Waals surface area contributed by atoms with Gasteiger partial charge in [0.1, 0.15) is 6.04 Å². The zero-order chi connectivity index (χ0) is 19.4. The van der Waals surface area contributed by atoms with Gasteiger partial charge in [-0.15, -0.1) is 0 Å². The zero-order valence-corrected chi connectivity index (χ0v) is 15.2. The molecule has 2 atom stereocenters. The third-order valence-electron chi connectivity index (χ3n) is 4.54. The number of carboxylic acid groups (broad SMARTS) is 1. The zero-order valence-electron chi connectivity index (χ0n) is 14.5. The fourth-order valence-corrected chi connectivity index (χ4v) is 3.36. The van der Waals surface area contributed by atoms with Crippen LogP contribution in [0, 0.1) is 5.92 Å². The van der Waals surface area contributed by atoms with Gasteiger partial charge in [-0.2, -0.15) is 0 Å². The molecule has 7 heteroatoms. The summed E-state index contributed by atoms with van der Waals surface area (Å²) in [5, 5.41) is 12.4. The van der Waals surface area contributed by atoms with E-state index in [1.807, 2.05) is 18.2 Å². The first-order valence-electron chi connectivity index (χ1n) is 8.57. The first-order chi connectivity index (χ1) is 13.0. The third-order valence-corrected chi connectivity index (χ3v) is 4.86. The van der Waals surface area contributed by atoms with Crippen molar-refractivity contribution in [3.8, 4) is 0 Å². The lowest BCUT2D eigenvalue weighted by molar-refractivity contribution is -0.142. The summed E-state index contributed by atoms with van der Waals surface area (Å²) in [7, 11) is 0. The molecule has 27 heavy (non-hydrogen) atoms. The van der Waals surface area contributed by atoms with Crippen molar-refractivity contribution < 1.29 is 19.5 Å². The summed E-state index contributed by atoms with van der Waals surface area (Å²) in [5.41, 5.74) is 1.36. The number of benzene rings is 2. The minimum atomic E-state index is -1.11. The molecule has 140 valence electrons. The van der Waals surface area contributed by atoms with Crippen LogP contribution in [0.3, 0.4) is 0 Å². The maximum atomic E-state index is 12.6. The minimum Gasteiger partial charge on any atom is -0.480 e. The number of carbonyl (C=O) groups excluding carboxylic acids is 2. The van der Waals surface area contributed by atoms with Gasteiger partial charge in [-0.3, -0.25) is 9.59 Å². The van der Waals surface area contributed by atoms with E-state index in [1.54, 1.807) is 36.4 Å². The van der Waals surface area contributed by atoms with E-state index in [9.17, 15) is 19.5 Å². The molecule has 1 fully saturated rings. The standard InChI is InChI=1S/C20H19ClN2O4/c21-15-8-4-5-9-17(15)23-12-14(11-18(23)24)19(25)22-16(20(26)27)10-13-6-2-1-3-7-13/h1-9,14,16H,10-12H2,(H,22,25)(H,26,27)/t14?,16-/m1/s1. The molecular formula is C20H19ClN2O4. The Hall–Kier alpha value is -2.86. The largest absolute Gasteiger partial charge is 0.480 e. The summed E-state index contributed by atoms with van der Waals surface area (Å²) in [6.45, 7) is 0.173. The molecule has 0 radical (unpaired) electrons. The second-order valence-electron chi connectivity index (χ2n) is 6.45. The lowest BCUT2D eigenvalue weighted by atomic mass is 10.0. The molecule has 2 aromatic carbocycles. The number of amides is 2. The van der Waals surface area contributed by atoms with Gasteiger partial charge >= 0.3 is 5.97 Å². The van der Waals surface area contributed by atoms with Crippen molar-refractivity contribution in [2.45, 2.75) is 18.9 Å². The second-order valence-corrected chi connectivity index (χ2v) is 6.85. The predicted molar refractivity (Wildman–Crippen MR) is 102 cm³/mol. The summed E-state index contributed by atoms with van der Waals surface area (Å²) in [6, 6.07) is 14.9. The average Bonchev–Trinajstić information content (AvgIpc) is 3.04. The number of rotatable bonds is 6. The Morgan fingerprint density at radius 1 is 1.15 bits per heavy atom. The van der Waals surface area contributed by atoms with Crippen LogP contribution in [-0.4, -0.2) is 35.5 Å². The minimum absolute atomic E-state index is 0.0226. The number of nitrogens with zero attached hydrogens (tertiary/aromatic N) is 1. The Morgan fingerprint density at radius 3 is 2.48 bits per heavy atom. The summed E-state index contributed by atoms with van der Waals surface area (Å²) in [6.07, 6.45) is 0.200. The summed E-state index contributed by atoms with van der Waals surface area (Å²) < 4.78 is 0. The molecule has 2 N–H and O–H groups in total. The predicted octanol–water partition coefficient (Wildman–Crippen LogP) is 2.51. The Bertz CT molecular complexity index is 856. The fraction of sp³-hybridized carbons (Fsp3) is 0.250.